The molecule has 2 heterocycles. The van der Waals surface area contributed by atoms with Crippen LogP contribution in [0.1, 0.15) is 56.5 Å². The quantitative estimate of drug-likeness (QED) is 0.847. The molecule has 1 N–H and O–H groups in total. The summed E-state index contributed by atoms with van der Waals surface area (Å²) < 4.78 is 0. The highest BCUT2D eigenvalue weighted by Crippen LogP contribution is 2.25. The first-order valence-electron chi connectivity index (χ1n) is 6.50. The molecule has 0 bridgehead atoms. The van der Waals surface area contributed by atoms with Gasteiger partial charge in [0.1, 0.15) is 0 Å². The number of H-pyrrole nitrogens is 1. The van der Waals surface area contributed by atoms with E-state index in [0.717, 1.165) is 6.54 Å². The van der Waals surface area contributed by atoms with Gasteiger partial charge >= 0.3 is 0 Å². The summed E-state index contributed by atoms with van der Waals surface area (Å²) in [5.41, 5.74) is 4.12. The van der Waals surface area contributed by atoms with Crippen LogP contribution < -0.4 is 0 Å². The van der Waals surface area contributed by atoms with Gasteiger partial charge in [-0.2, -0.15) is 5.10 Å². The molecule has 0 radical (unpaired) electrons. The van der Waals surface area contributed by atoms with Gasteiger partial charge in [0.2, 0.25) is 0 Å². The maximum absolute atomic E-state index is 4.46. The van der Waals surface area contributed by atoms with Crippen LogP contribution in [0.4, 0.5) is 0 Å². The molecular weight excluding hydrogens is 198 g/mol. The van der Waals surface area contributed by atoms with Crippen molar-refractivity contribution in [1.29, 1.82) is 0 Å². The van der Waals surface area contributed by atoms with Crippen LogP contribution in [0.3, 0.4) is 0 Å². The van der Waals surface area contributed by atoms with Gasteiger partial charge in [0.05, 0.1) is 11.4 Å². The van der Waals surface area contributed by atoms with Gasteiger partial charge in [0.15, 0.2) is 0 Å². The zero-order valence-corrected chi connectivity index (χ0v) is 10.7. The zero-order valence-electron chi connectivity index (χ0n) is 10.7. The van der Waals surface area contributed by atoms with Crippen LogP contribution in [0.15, 0.2) is 0 Å². The van der Waals surface area contributed by atoms with Crippen LogP contribution >= 0.6 is 0 Å². The Balaban J connectivity index is 2.05. The minimum Gasteiger partial charge on any atom is -0.297 e. The van der Waals surface area contributed by atoms with E-state index in [9.17, 15) is 0 Å². The number of hydrogen-bond donors (Lipinski definition) is 1. The van der Waals surface area contributed by atoms with Crippen molar-refractivity contribution < 1.29 is 0 Å². The van der Waals surface area contributed by atoms with Crippen molar-refractivity contribution in [2.24, 2.45) is 0 Å². The Bertz CT molecular complexity index is 341. The SMILES string of the molecule is CCCCN1CCc2c(C(C)C)n[nH]c2C1. The normalized spacial score (nSPS) is 16.8. The largest absolute Gasteiger partial charge is 0.297 e. The van der Waals surface area contributed by atoms with E-state index in [2.05, 4.69) is 35.9 Å². The van der Waals surface area contributed by atoms with Crippen LogP contribution in [0.25, 0.3) is 0 Å². The summed E-state index contributed by atoms with van der Waals surface area (Å²) in [5.74, 6) is 0.544. The summed E-state index contributed by atoms with van der Waals surface area (Å²) in [7, 11) is 0. The summed E-state index contributed by atoms with van der Waals surface area (Å²) in [6, 6.07) is 0. The van der Waals surface area contributed by atoms with Crippen molar-refractivity contribution >= 4 is 0 Å². The molecule has 1 aliphatic heterocycles. The highest BCUT2D eigenvalue weighted by Gasteiger charge is 2.22. The molecule has 2 rings (SSSR count). The van der Waals surface area contributed by atoms with E-state index >= 15 is 0 Å². The summed E-state index contributed by atoms with van der Waals surface area (Å²) in [5, 5.41) is 7.68. The first-order valence-corrected chi connectivity index (χ1v) is 6.50. The number of aromatic nitrogens is 2. The highest BCUT2D eigenvalue weighted by molar-refractivity contribution is 5.29. The predicted octanol–water partition coefficient (Wildman–Crippen LogP) is 2.69. The maximum Gasteiger partial charge on any atom is 0.0683 e. The Hall–Kier alpha value is -0.830. The number of nitrogens with one attached hydrogen (secondary N) is 1. The summed E-state index contributed by atoms with van der Waals surface area (Å²) in [6.45, 7) is 10.2. The minimum atomic E-state index is 0.544. The number of aromatic amines is 1. The number of unbranched alkanes of at least 4 members (excludes halogenated alkanes) is 1. The van der Waals surface area contributed by atoms with Crippen LogP contribution in [0.2, 0.25) is 0 Å². The van der Waals surface area contributed by atoms with Gasteiger partial charge in [-0.15, -0.1) is 0 Å². The van der Waals surface area contributed by atoms with Crippen molar-refractivity contribution in [3.05, 3.63) is 17.0 Å². The Morgan fingerprint density at radius 2 is 2.25 bits per heavy atom. The number of rotatable bonds is 4. The summed E-state index contributed by atoms with van der Waals surface area (Å²) in [6.07, 6.45) is 3.76. The molecule has 3 nitrogen and oxygen atoms in total. The molecule has 16 heavy (non-hydrogen) atoms. The molecular formula is C13H23N3. The molecule has 0 unspecified atom stereocenters. The minimum absolute atomic E-state index is 0.544. The number of hydrogen-bond acceptors (Lipinski definition) is 2. The molecule has 1 aromatic rings. The van der Waals surface area contributed by atoms with E-state index in [1.54, 1.807) is 0 Å². The summed E-state index contributed by atoms with van der Waals surface area (Å²) >= 11 is 0. The second-order valence-corrected chi connectivity index (χ2v) is 5.10. The molecule has 0 spiro atoms. The predicted molar refractivity (Wildman–Crippen MR) is 66.6 cm³/mol. The fourth-order valence-electron chi connectivity index (χ4n) is 2.45. The average molecular weight is 221 g/mol. The molecule has 3 heteroatoms. The average Bonchev–Trinajstić information content (AvgIpc) is 2.69. The lowest BCUT2D eigenvalue weighted by Crippen LogP contribution is -2.31. The van der Waals surface area contributed by atoms with Gasteiger partial charge < -0.3 is 0 Å². The van der Waals surface area contributed by atoms with Crippen molar-refractivity contribution in [1.82, 2.24) is 15.1 Å². The standard InChI is InChI=1S/C13H23N3/c1-4-5-7-16-8-6-11-12(9-16)14-15-13(11)10(2)3/h10H,4-9H2,1-3H3,(H,14,15). The smallest absolute Gasteiger partial charge is 0.0683 e. The monoisotopic (exact) mass is 221 g/mol. The Kier molecular flexibility index (Phi) is 3.64. The van der Waals surface area contributed by atoms with Gasteiger partial charge in [-0.05, 0) is 30.9 Å². The van der Waals surface area contributed by atoms with Crippen LogP contribution in [-0.4, -0.2) is 28.2 Å². The molecule has 1 aromatic heterocycles. The van der Waals surface area contributed by atoms with Gasteiger partial charge in [-0.25, -0.2) is 0 Å². The van der Waals surface area contributed by atoms with Crippen molar-refractivity contribution in [3.8, 4) is 0 Å². The van der Waals surface area contributed by atoms with E-state index in [0.29, 0.717) is 5.92 Å². The highest BCUT2D eigenvalue weighted by atomic mass is 15.2. The van der Waals surface area contributed by atoms with Crippen LogP contribution in [0.5, 0.6) is 0 Å². The van der Waals surface area contributed by atoms with Gasteiger partial charge in [-0.3, -0.25) is 10.00 Å². The third-order valence-corrected chi connectivity index (χ3v) is 3.42. The van der Waals surface area contributed by atoms with E-state index in [4.69, 9.17) is 0 Å². The number of fused-ring (bicyclic) bond motifs is 1. The third kappa shape index (κ3) is 2.29. The Labute approximate surface area is 98.2 Å². The second kappa shape index (κ2) is 5.00. The van der Waals surface area contributed by atoms with Crippen molar-refractivity contribution in [3.63, 3.8) is 0 Å². The third-order valence-electron chi connectivity index (χ3n) is 3.42. The van der Waals surface area contributed by atoms with E-state index < -0.39 is 0 Å². The number of nitrogens with zero attached hydrogens (tertiary/aromatic N) is 2. The van der Waals surface area contributed by atoms with Gasteiger partial charge in [0, 0.05) is 13.1 Å². The molecule has 0 fully saturated rings. The molecule has 0 aliphatic carbocycles. The fourth-order valence-corrected chi connectivity index (χ4v) is 2.45. The topological polar surface area (TPSA) is 31.9 Å². The molecule has 0 aromatic carbocycles. The summed E-state index contributed by atoms with van der Waals surface area (Å²) in [4.78, 5) is 2.54. The molecule has 0 amide bonds. The molecule has 0 saturated carbocycles. The molecule has 90 valence electrons. The first kappa shape index (κ1) is 11.6. The van der Waals surface area contributed by atoms with E-state index in [1.807, 2.05) is 0 Å². The first-order chi connectivity index (χ1) is 7.72. The van der Waals surface area contributed by atoms with Gasteiger partial charge in [0.25, 0.3) is 0 Å². The molecule has 0 atom stereocenters. The zero-order chi connectivity index (χ0) is 11.5. The Morgan fingerprint density at radius 1 is 1.44 bits per heavy atom. The van der Waals surface area contributed by atoms with Crippen LogP contribution in [-0.2, 0) is 13.0 Å². The fraction of sp³-hybridized carbons (Fsp3) is 0.769. The van der Waals surface area contributed by atoms with Gasteiger partial charge in [-0.1, -0.05) is 27.2 Å². The van der Waals surface area contributed by atoms with E-state index in [1.165, 1.54) is 49.3 Å². The second-order valence-electron chi connectivity index (χ2n) is 5.10. The molecule has 0 saturated heterocycles. The maximum atomic E-state index is 4.46. The molecule has 1 aliphatic rings. The van der Waals surface area contributed by atoms with Crippen LogP contribution in [0, 0.1) is 0 Å². The lowest BCUT2D eigenvalue weighted by atomic mass is 9.98. The lowest BCUT2D eigenvalue weighted by molar-refractivity contribution is 0.247. The van der Waals surface area contributed by atoms with Crippen molar-refractivity contribution in [2.75, 3.05) is 13.1 Å². The lowest BCUT2D eigenvalue weighted by Gasteiger charge is -2.26. The Morgan fingerprint density at radius 3 is 2.94 bits per heavy atom. The van der Waals surface area contributed by atoms with E-state index in [-0.39, 0.29) is 0 Å². The van der Waals surface area contributed by atoms with Crippen molar-refractivity contribution in [2.45, 2.75) is 52.5 Å².